The summed E-state index contributed by atoms with van der Waals surface area (Å²) in [5.74, 6) is -0.377. The molecule has 18 heavy (non-hydrogen) atoms. The van der Waals surface area contributed by atoms with Crippen LogP contribution in [0.3, 0.4) is 0 Å². The summed E-state index contributed by atoms with van der Waals surface area (Å²) in [5, 5.41) is 9.26. The van der Waals surface area contributed by atoms with Crippen molar-refractivity contribution in [3.63, 3.8) is 0 Å². The molecule has 0 spiro atoms. The zero-order valence-corrected chi connectivity index (χ0v) is 8.98. The Balaban J connectivity index is 2.33. The number of ether oxygens (including phenoxy) is 1. The minimum Gasteiger partial charge on any atom is -0.506 e. The Bertz CT molecular complexity index is 555. The fourth-order valence-corrected chi connectivity index (χ4v) is 1.46. The number of hydrogen-bond donors (Lipinski definition) is 1. The van der Waals surface area contributed by atoms with Gasteiger partial charge < -0.3 is 9.84 Å². The van der Waals surface area contributed by atoms with E-state index in [-0.39, 0.29) is 11.5 Å². The predicted molar refractivity (Wildman–Crippen MR) is 58.0 cm³/mol. The van der Waals surface area contributed by atoms with E-state index < -0.39 is 6.36 Å². The van der Waals surface area contributed by atoms with Gasteiger partial charge in [-0.25, -0.2) is 0 Å². The zero-order chi connectivity index (χ0) is 13.2. The lowest BCUT2D eigenvalue weighted by atomic mass is 10.1. The molecule has 0 atom stereocenters. The molecule has 3 nitrogen and oxygen atoms in total. The van der Waals surface area contributed by atoms with E-state index in [9.17, 15) is 18.3 Å². The Morgan fingerprint density at radius 3 is 2.50 bits per heavy atom. The van der Waals surface area contributed by atoms with Crippen LogP contribution in [0.15, 0.2) is 42.7 Å². The van der Waals surface area contributed by atoms with Crippen molar-refractivity contribution in [2.24, 2.45) is 0 Å². The zero-order valence-electron chi connectivity index (χ0n) is 8.98. The van der Waals surface area contributed by atoms with Crippen molar-refractivity contribution in [1.82, 2.24) is 4.98 Å². The van der Waals surface area contributed by atoms with Gasteiger partial charge in [-0.05, 0) is 23.8 Å². The number of aromatic hydroxyl groups is 1. The van der Waals surface area contributed by atoms with Gasteiger partial charge in [0.25, 0.3) is 0 Å². The first-order chi connectivity index (χ1) is 8.44. The molecule has 0 aliphatic heterocycles. The minimum absolute atomic E-state index is 0.0605. The summed E-state index contributed by atoms with van der Waals surface area (Å²) in [6.07, 6.45) is -2.05. The van der Waals surface area contributed by atoms with Crippen molar-refractivity contribution < 1.29 is 23.0 Å². The van der Waals surface area contributed by atoms with Crippen LogP contribution in [0.1, 0.15) is 0 Å². The molecular formula is C12H8F3NO2. The average Bonchev–Trinajstić information content (AvgIpc) is 2.27. The molecule has 0 amide bonds. The lowest BCUT2D eigenvalue weighted by Gasteiger charge is -2.10. The summed E-state index contributed by atoms with van der Waals surface area (Å²) in [6, 6.07) is 6.86. The number of halogens is 3. The number of aromatic nitrogens is 1. The molecule has 2 aromatic rings. The maximum Gasteiger partial charge on any atom is 0.573 e. The molecule has 1 aromatic heterocycles. The van der Waals surface area contributed by atoms with Crippen LogP contribution in [0.25, 0.3) is 11.1 Å². The number of alkyl halides is 3. The van der Waals surface area contributed by atoms with E-state index in [4.69, 9.17) is 0 Å². The standard InChI is InChI=1S/C12H8F3NO2/c13-12(14,15)18-11-3-1-2-8(5-11)9-4-10(17)7-16-6-9/h1-7,17H. The first-order valence-corrected chi connectivity index (χ1v) is 4.94. The molecule has 0 fully saturated rings. The monoisotopic (exact) mass is 255 g/mol. The van der Waals surface area contributed by atoms with E-state index in [2.05, 4.69) is 9.72 Å². The van der Waals surface area contributed by atoms with Crippen LogP contribution in [0.5, 0.6) is 11.5 Å². The molecule has 0 unspecified atom stereocenters. The number of pyridine rings is 1. The molecule has 0 saturated carbocycles. The van der Waals surface area contributed by atoms with Crippen LogP contribution in [-0.4, -0.2) is 16.5 Å². The molecular weight excluding hydrogens is 247 g/mol. The fourth-order valence-electron chi connectivity index (χ4n) is 1.46. The third-order valence-electron chi connectivity index (χ3n) is 2.12. The number of benzene rings is 1. The van der Waals surface area contributed by atoms with Crippen molar-refractivity contribution in [3.05, 3.63) is 42.7 Å². The quantitative estimate of drug-likeness (QED) is 0.894. The van der Waals surface area contributed by atoms with Gasteiger partial charge in [-0.1, -0.05) is 12.1 Å². The van der Waals surface area contributed by atoms with Crippen LogP contribution in [0.2, 0.25) is 0 Å². The van der Waals surface area contributed by atoms with E-state index >= 15 is 0 Å². The van der Waals surface area contributed by atoms with E-state index in [1.807, 2.05) is 0 Å². The fraction of sp³-hybridized carbons (Fsp3) is 0.0833. The normalized spacial score (nSPS) is 11.3. The van der Waals surface area contributed by atoms with Crippen molar-refractivity contribution in [2.45, 2.75) is 6.36 Å². The molecule has 0 aliphatic carbocycles. The molecule has 6 heteroatoms. The molecule has 1 aromatic carbocycles. The first kappa shape index (κ1) is 12.2. The summed E-state index contributed by atoms with van der Waals surface area (Å²) in [4.78, 5) is 3.75. The molecule has 0 bridgehead atoms. The Hall–Kier alpha value is -2.24. The van der Waals surface area contributed by atoms with Gasteiger partial charge in [-0.15, -0.1) is 13.2 Å². The summed E-state index contributed by atoms with van der Waals surface area (Å²) in [7, 11) is 0. The Labute approximate surface area is 100 Å². The summed E-state index contributed by atoms with van der Waals surface area (Å²) < 4.78 is 40.0. The Kier molecular flexibility index (Phi) is 3.10. The second kappa shape index (κ2) is 4.56. The molecule has 0 radical (unpaired) electrons. The SMILES string of the molecule is Oc1cncc(-c2cccc(OC(F)(F)F)c2)c1. The van der Waals surface area contributed by atoms with Gasteiger partial charge >= 0.3 is 6.36 Å². The third kappa shape index (κ3) is 3.13. The average molecular weight is 255 g/mol. The van der Waals surface area contributed by atoms with Crippen LogP contribution >= 0.6 is 0 Å². The second-order valence-electron chi connectivity index (χ2n) is 3.51. The van der Waals surface area contributed by atoms with Gasteiger partial charge in [0.15, 0.2) is 0 Å². The van der Waals surface area contributed by atoms with E-state index in [1.54, 1.807) is 6.07 Å². The minimum atomic E-state index is -4.73. The largest absolute Gasteiger partial charge is 0.573 e. The highest BCUT2D eigenvalue weighted by molar-refractivity contribution is 5.65. The van der Waals surface area contributed by atoms with Crippen molar-refractivity contribution in [1.29, 1.82) is 0 Å². The second-order valence-corrected chi connectivity index (χ2v) is 3.51. The van der Waals surface area contributed by atoms with E-state index in [0.717, 1.165) is 0 Å². The summed E-state index contributed by atoms with van der Waals surface area (Å²) in [6.45, 7) is 0. The summed E-state index contributed by atoms with van der Waals surface area (Å²) >= 11 is 0. The van der Waals surface area contributed by atoms with Crippen LogP contribution in [-0.2, 0) is 0 Å². The smallest absolute Gasteiger partial charge is 0.506 e. The summed E-state index contributed by atoms with van der Waals surface area (Å²) in [5.41, 5.74) is 0.975. The molecule has 0 aliphatic rings. The van der Waals surface area contributed by atoms with Gasteiger partial charge in [0.05, 0.1) is 6.20 Å². The maximum atomic E-state index is 12.1. The van der Waals surface area contributed by atoms with Gasteiger partial charge in [0, 0.05) is 11.8 Å². The maximum absolute atomic E-state index is 12.1. The molecule has 1 heterocycles. The molecule has 94 valence electrons. The van der Waals surface area contributed by atoms with Crippen molar-refractivity contribution in [2.75, 3.05) is 0 Å². The highest BCUT2D eigenvalue weighted by atomic mass is 19.4. The highest BCUT2D eigenvalue weighted by Crippen LogP contribution is 2.28. The van der Waals surface area contributed by atoms with Crippen molar-refractivity contribution in [3.8, 4) is 22.6 Å². The highest BCUT2D eigenvalue weighted by Gasteiger charge is 2.31. The molecule has 1 N–H and O–H groups in total. The topological polar surface area (TPSA) is 42.4 Å². The van der Waals surface area contributed by atoms with Crippen molar-refractivity contribution >= 4 is 0 Å². The van der Waals surface area contributed by atoms with Gasteiger partial charge in [-0.2, -0.15) is 0 Å². The Morgan fingerprint density at radius 2 is 1.83 bits per heavy atom. The van der Waals surface area contributed by atoms with Gasteiger partial charge in [-0.3, -0.25) is 4.98 Å². The Morgan fingerprint density at radius 1 is 1.06 bits per heavy atom. The lowest BCUT2D eigenvalue weighted by Crippen LogP contribution is -2.17. The molecule has 2 rings (SSSR count). The van der Waals surface area contributed by atoms with Crippen LogP contribution in [0, 0.1) is 0 Å². The van der Waals surface area contributed by atoms with E-state index in [0.29, 0.717) is 11.1 Å². The predicted octanol–water partition coefficient (Wildman–Crippen LogP) is 3.35. The lowest BCUT2D eigenvalue weighted by molar-refractivity contribution is -0.274. The number of hydrogen-bond acceptors (Lipinski definition) is 3. The number of rotatable bonds is 2. The van der Waals surface area contributed by atoms with E-state index in [1.165, 1.54) is 36.7 Å². The van der Waals surface area contributed by atoms with Gasteiger partial charge in [0.2, 0.25) is 0 Å². The van der Waals surface area contributed by atoms with Crippen LogP contribution in [0.4, 0.5) is 13.2 Å². The number of nitrogens with zero attached hydrogens (tertiary/aromatic N) is 1. The molecule has 0 saturated heterocycles. The third-order valence-corrected chi connectivity index (χ3v) is 2.12. The first-order valence-electron chi connectivity index (χ1n) is 4.94. The van der Waals surface area contributed by atoms with Crippen LogP contribution < -0.4 is 4.74 Å². The van der Waals surface area contributed by atoms with Gasteiger partial charge in [0.1, 0.15) is 11.5 Å².